The van der Waals surface area contributed by atoms with E-state index in [9.17, 15) is 9.59 Å². The Morgan fingerprint density at radius 3 is 3.04 bits per heavy atom. The van der Waals surface area contributed by atoms with Crippen molar-refractivity contribution in [1.29, 1.82) is 0 Å². The zero-order valence-electron chi connectivity index (χ0n) is 13.3. The van der Waals surface area contributed by atoms with Crippen molar-refractivity contribution < 1.29 is 13.7 Å². The minimum atomic E-state index is -0.822. The first-order chi connectivity index (χ1) is 12.1. The molecule has 4 rings (SSSR count). The Morgan fingerprint density at radius 1 is 1.36 bits per heavy atom. The summed E-state index contributed by atoms with van der Waals surface area (Å²) in [6, 6.07) is 5.56. The first-order valence-corrected chi connectivity index (χ1v) is 8.79. The smallest absolute Gasteiger partial charge is 0.267 e. The normalized spacial score (nSPS) is 14.3. The number of aromatic nitrogens is 3. The number of nitrogens with zero attached hydrogens (tertiary/aromatic N) is 3. The van der Waals surface area contributed by atoms with Crippen molar-refractivity contribution in [3.05, 3.63) is 52.1 Å². The van der Waals surface area contributed by atoms with Gasteiger partial charge in [0.2, 0.25) is 5.88 Å². The van der Waals surface area contributed by atoms with Gasteiger partial charge in [0.05, 0.1) is 17.5 Å². The van der Waals surface area contributed by atoms with Crippen molar-refractivity contribution in [3.8, 4) is 11.5 Å². The number of hydrogen-bond acceptors (Lipinski definition) is 7. The molecule has 1 aliphatic rings. The number of nitrogens with one attached hydrogen (secondary N) is 1. The summed E-state index contributed by atoms with van der Waals surface area (Å²) in [5.74, 6) is 1.98. The number of fused-ring (bicyclic) bond motifs is 1. The molecule has 0 fully saturated rings. The van der Waals surface area contributed by atoms with Crippen LogP contribution in [0.3, 0.4) is 0 Å². The van der Waals surface area contributed by atoms with Crippen LogP contribution in [0.2, 0.25) is 0 Å². The lowest BCUT2D eigenvalue weighted by molar-refractivity contribution is -0.119. The number of carbonyl (C=O) groups excluding carboxylic acids is 1. The van der Waals surface area contributed by atoms with E-state index in [1.807, 2.05) is 0 Å². The number of anilines is 1. The third kappa shape index (κ3) is 2.86. The number of furan rings is 1. The van der Waals surface area contributed by atoms with Crippen LogP contribution in [-0.2, 0) is 16.3 Å². The summed E-state index contributed by atoms with van der Waals surface area (Å²) in [4.78, 5) is 24.7. The molecule has 128 valence electrons. The van der Waals surface area contributed by atoms with E-state index in [4.69, 9.17) is 8.94 Å². The Balaban J connectivity index is 1.59. The Morgan fingerprint density at radius 2 is 2.24 bits per heavy atom. The van der Waals surface area contributed by atoms with E-state index >= 15 is 0 Å². The molecule has 0 aromatic carbocycles. The predicted molar refractivity (Wildman–Crippen MR) is 91.0 cm³/mol. The first kappa shape index (κ1) is 15.7. The van der Waals surface area contributed by atoms with E-state index in [-0.39, 0.29) is 5.56 Å². The molecule has 0 aliphatic carbocycles. The minimum absolute atomic E-state index is 0.340. The number of hydrogen-bond donors (Lipinski definition) is 1. The SMILES string of the molecule is CC(C(=O)Nc1onc2c1CSC2)n1nc(-c2ccco2)ccc1=O. The molecule has 0 saturated heterocycles. The Hall–Kier alpha value is -2.81. The summed E-state index contributed by atoms with van der Waals surface area (Å²) in [6.07, 6.45) is 1.52. The summed E-state index contributed by atoms with van der Waals surface area (Å²) < 4.78 is 11.6. The fraction of sp³-hybridized carbons (Fsp3) is 0.250. The van der Waals surface area contributed by atoms with E-state index in [1.165, 1.54) is 12.3 Å². The summed E-state index contributed by atoms with van der Waals surface area (Å²) >= 11 is 1.71. The van der Waals surface area contributed by atoms with E-state index in [2.05, 4.69) is 15.6 Å². The van der Waals surface area contributed by atoms with Crippen LogP contribution < -0.4 is 10.9 Å². The third-order valence-electron chi connectivity index (χ3n) is 3.94. The summed E-state index contributed by atoms with van der Waals surface area (Å²) in [7, 11) is 0. The van der Waals surface area contributed by atoms with Gasteiger partial charge < -0.3 is 8.94 Å². The van der Waals surface area contributed by atoms with Crippen LogP contribution in [0, 0.1) is 0 Å². The van der Waals surface area contributed by atoms with Gasteiger partial charge in [-0.25, -0.2) is 4.68 Å². The molecule has 4 heterocycles. The van der Waals surface area contributed by atoms with Crippen molar-refractivity contribution in [3.63, 3.8) is 0 Å². The molecule has 1 amide bonds. The van der Waals surface area contributed by atoms with Gasteiger partial charge in [-0.1, -0.05) is 5.16 Å². The topological polar surface area (TPSA) is 103 Å². The average molecular weight is 358 g/mol. The highest BCUT2D eigenvalue weighted by Crippen LogP contribution is 2.34. The molecule has 1 unspecified atom stereocenters. The van der Waals surface area contributed by atoms with E-state index in [0.29, 0.717) is 17.3 Å². The molecule has 25 heavy (non-hydrogen) atoms. The van der Waals surface area contributed by atoms with Crippen LogP contribution >= 0.6 is 11.8 Å². The van der Waals surface area contributed by atoms with Gasteiger partial charge in [0.25, 0.3) is 11.5 Å². The zero-order valence-corrected chi connectivity index (χ0v) is 14.1. The van der Waals surface area contributed by atoms with Gasteiger partial charge in [-0.05, 0) is 25.1 Å². The van der Waals surface area contributed by atoms with Gasteiger partial charge in [0.15, 0.2) is 5.76 Å². The minimum Gasteiger partial charge on any atom is -0.463 e. The van der Waals surface area contributed by atoms with Crippen LogP contribution in [0.15, 0.2) is 44.3 Å². The number of rotatable bonds is 4. The lowest BCUT2D eigenvalue weighted by Crippen LogP contribution is -2.33. The molecule has 1 atom stereocenters. The van der Waals surface area contributed by atoms with Crippen molar-refractivity contribution >= 4 is 23.6 Å². The number of amides is 1. The van der Waals surface area contributed by atoms with Gasteiger partial charge in [-0.3, -0.25) is 14.9 Å². The average Bonchev–Trinajstić information content (AvgIpc) is 3.34. The molecular weight excluding hydrogens is 344 g/mol. The van der Waals surface area contributed by atoms with Crippen LogP contribution in [0.4, 0.5) is 5.88 Å². The highest BCUT2D eigenvalue weighted by Gasteiger charge is 2.25. The highest BCUT2D eigenvalue weighted by atomic mass is 32.2. The Bertz CT molecular complexity index is 976. The monoisotopic (exact) mass is 358 g/mol. The summed E-state index contributed by atoms with van der Waals surface area (Å²) in [6.45, 7) is 1.60. The molecule has 0 saturated carbocycles. The van der Waals surface area contributed by atoms with Gasteiger partial charge in [0, 0.05) is 17.6 Å². The molecular formula is C16H14N4O4S. The quantitative estimate of drug-likeness (QED) is 0.764. The lowest BCUT2D eigenvalue weighted by Gasteiger charge is -2.13. The van der Waals surface area contributed by atoms with Crippen LogP contribution in [0.1, 0.15) is 24.2 Å². The molecule has 9 heteroatoms. The Kier molecular flexibility index (Phi) is 3.92. The predicted octanol–water partition coefficient (Wildman–Crippen LogP) is 2.44. The summed E-state index contributed by atoms with van der Waals surface area (Å²) in [5.41, 5.74) is 1.84. The van der Waals surface area contributed by atoms with Gasteiger partial charge in [-0.15, -0.1) is 0 Å². The first-order valence-electron chi connectivity index (χ1n) is 7.63. The molecule has 1 N–H and O–H groups in total. The van der Waals surface area contributed by atoms with E-state index < -0.39 is 11.9 Å². The van der Waals surface area contributed by atoms with Crippen LogP contribution in [0.5, 0.6) is 0 Å². The van der Waals surface area contributed by atoms with Gasteiger partial charge >= 0.3 is 0 Å². The van der Waals surface area contributed by atoms with Gasteiger partial charge in [0.1, 0.15) is 11.7 Å². The van der Waals surface area contributed by atoms with Crippen molar-refractivity contribution in [2.24, 2.45) is 0 Å². The fourth-order valence-electron chi connectivity index (χ4n) is 2.54. The molecule has 0 spiro atoms. The van der Waals surface area contributed by atoms with Crippen LogP contribution in [-0.4, -0.2) is 20.8 Å². The highest BCUT2D eigenvalue weighted by molar-refractivity contribution is 7.98. The third-order valence-corrected chi connectivity index (χ3v) is 4.91. The molecule has 8 nitrogen and oxygen atoms in total. The van der Waals surface area contributed by atoms with Crippen molar-refractivity contribution in [1.82, 2.24) is 14.9 Å². The maximum Gasteiger partial charge on any atom is 0.267 e. The van der Waals surface area contributed by atoms with Crippen molar-refractivity contribution in [2.75, 3.05) is 5.32 Å². The fourth-order valence-corrected chi connectivity index (χ4v) is 3.56. The number of carbonyl (C=O) groups is 1. The second kappa shape index (κ2) is 6.25. The second-order valence-electron chi connectivity index (χ2n) is 5.57. The second-order valence-corrected chi connectivity index (χ2v) is 6.56. The maximum atomic E-state index is 12.5. The number of thioether (sulfide) groups is 1. The van der Waals surface area contributed by atoms with E-state index in [1.54, 1.807) is 36.9 Å². The molecule has 3 aromatic heterocycles. The van der Waals surface area contributed by atoms with Crippen molar-refractivity contribution in [2.45, 2.75) is 24.5 Å². The van der Waals surface area contributed by atoms with E-state index in [0.717, 1.165) is 27.4 Å². The maximum absolute atomic E-state index is 12.5. The molecule has 0 bridgehead atoms. The van der Waals surface area contributed by atoms with Crippen LogP contribution in [0.25, 0.3) is 11.5 Å². The molecule has 1 aliphatic heterocycles. The lowest BCUT2D eigenvalue weighted by atomic mass is 10.2. The Labute approximate surface area is 146 Å². The zero-order chi connectivity index (χ0) is 17.4. The van der Waals surface area contributed by atoms with Gasteiger partial charge in [-0.2, -0.15) is 16.9 Å². The summed E-state index contributed by atoms with van der Waals surface area (Å²) in [5, 5.41) is 10.9. The largest absolute Gasteiger partial charge is 0.463 e. The molecule has 0 radical (unpaired) electrons. The standard InChI is InChI=1S/C16H14N4O4S/c1-9(15(22)17-16-10-7-25-8-12(10)19-24-16)20-14(21)5-4-11(18-20)13-3-2-6-23-13/h2-6,9H,7-8H2,1H3,(H,17,22). The molecule has 3 aromatic rings.